The van der Waals surface area contributed by atoms with Crippen LogP contribution in [0.5, 0.6) is 5.75 Å². The summed E-state index contributed by atoms with van der Waals surface area (Å²) in [6.07, 6.45) is 0.567. The lowest BCUT2D eigenvalue weighted by atomic mass is 10.0. The minimum atomic E-state index is -0.716. The molecule has 9 heteroatoms. The van der Waals surface area contributed by atoms with Gasteiger partial charge in [-0.05, 0) is 12.1 Å². The number of imide groups is 1. The highest BCUT2D eigenvalue weighted by atomic mass is 16.6. The van der Waals surface area contributed by atoms with Gasteiger partial charge in [0, 0.05) is 24.1 Å². The van der Waals surface area contributed by atoms with Crippen molar-refractivity contribution in [2.24, 2.45) is 0 Å². The van der Waals surface area contributed by atoms with E-state index in [0.717, 1.165) is 22.6 Å². The third kappa shape index (κ3) is 2.96. The van der Waals surface area contributed by atoms with E-state index in [0.29, 0.717) is 18.8 Å². The maximum Gasteiger partial charge on any atom is 0.270 e. The lowest BCUT2D eigenvalue weighted by molar-refractivity contribution is -0.384. The number of amides is 3. The van der Waals surface area contributed by atoms with Crippen LogP contribution in [-0.2, 0) is 4.79 Å². The van der Waals surface area contributed by atoms with Crippen LogP contribution in [0.4, 0.5) is 5.69 Å². The van der Waals surface area contributed by atoms with Crippen LogP contribution in [0.1, 0.15) is 38.7 Å². The molecule has 2 aliphatic rings. The first-order chi connectivity index (χ1) is 13.5. The predicted molar refractivity (Wildman–Crippen MR) is 95.9 cm³/mol. The van der Waals surface area contributed by atoms with E-state index in [9.17, 15) is 24.5 Å². The Bertz CT molecular complexity index is 1020. The number of hydrogen-bond acceptors (Lipinski definition) is 6. The first-order valence-corrected chi connectivity index (χ1v) is 8.61. The second-order valence-electron chi connectivity index (χ2n) is 6.48. The van der Waals surface area contributed by atoms with Gasteiger partial charge >= 0.3 is 0 Å². The molecule has 2 aliphatic heterocycles. The first-order valence-electron chi connectivity index (χ1n) is 8.61. The van der Waals surface area contributed by atoms with E-state index < -0.39 is 29.2 Å². The molecule has 142 valence electrons. The molecule has 0 saturated carbocycles. The first kappa shape index (κ1) is 17.7. The lowest BCUT2D eigenvalue weighted by Crippen LogP contribution is -2.42. The molecular weight excluding hydrogens is 366 g/mol. The molecule has 1 N–H and O–H groups in total. The standard InChI is InChI=1S/C19H15N3O6/c23-17(20-15-7-8-28-16-4-2-1-3-13(15)16)10-21-18(24)12-6-5-11(22(26)27)9-14(12)19(21)25/h1-6,9,15H,7-8,10H2,(H,20,23)/t15-/m0/s1. The van der Waals surface area contributed by atoms with Crippen LogP contribution < -0.4 is 10.1 Å². The minimum Gasteiger partial charge on any atom is -0.493 e. The summed E-state index contributed by atoms with van der Waals surface area (Å²) < 4.78 is 5.55. The molecule has 9 nitrogen and oxygen atoms in total. The van der Waals surface area contributed by atoms with Crippen molar-refractivity contribution in [2.75, 3.05) is 13.2 Å². The number of carbonyl (C=O) groups is 3. The highest BCUT2D eigenvalue weighted by Crippen LogP contribution is 2.32. The van der Waals surface area contributed by atoms with Crippen molar-refractivity contribution in [1.29, 1.82) is 0 Å². The van der Waals surface area contributed by atoms with E-state index in [1.54, 1.807) is 0 Å². The minimum absolute atomic E-state index is 0.0554. The van der Waals surface area contributed by atoms with Gasteiger partial charge in [-0.1, -0.05) is 18.2 Å². The van der Waals surface area contributed by atoms with Gasteiger partial charge in [-0.3, -0.25) is 29.4 Å². The normalized spacial score (nSPS) is 17.6. The maximum absolute atomic E-state index is 12.5. The van der Waals surface area contributed by atoms with E-state index in [1.807, 2.05) is 24.3 Å². The highest BCUT2D eigenvalue weighted by molar-refractivity contribution is 6.22. The molecule has 1 atom stereocenters. The Kier molecular flexibility index (Phi) is 4.26. The maximum atomic E-state index is 12.5. The van der Waals surface area contributed by atoms with Crippen LogP contribution >= 0.6 is 0 Å². The van der Waals surface area contributed by atoms with Crippen molar-refractivity contribution in [1.82, 2.24) is 10.2 Å². The van der Waals surface area contributed by atoms with Crippen LogP contribution in [-0.4, -0.2) is 40.7 Å². The third-order valence-corrected chi connectivity index (χ3v) is 4.76. The summed E-state index contributed by atoms with van der Waals surface area (Å²) in [5.74, 6) is -1.17. The van der Waals surface area contributed by atoms with Crippen molar-refractivity contribution >= 4 is 23.4 Å². The van der Waals surface area contributed by atoms with E-state index in [4.69, 9.17) is 4.74 Å². The summed E-state index contributed by atoms with van der Waals surface area (Å²) in [5.41, 5.74) is 0.535. The average Bonchev–Trinajstić information content (AvgIpc) is 2.92. The Morgan fingerprint density at radius 2 is 1.93 bits per heavy atom. The van der Waals surface area contributed by atoms with Gasteiger partial charge < -0.3 is 10.1 Å². The van der Waals surface area contributed by atoms with Gasteiger partial charge in [0.15, 0.2) is 0 Å². The number of nitro groups is 1. The van der Waals surface area contributed by atoms with Gasteiger partial charge in [-0.25, -0.2) is 0 Å². The molecule has 2 aromatic rings. The smallest absolute Gasteiger partial charge is 0.270 e. The van der Waals surface area contributed by atoms with Crippen LogP contribution in [0.2, 0.25) is 0 Å². The van der Waals surface area contributed by atoms with Crippen molar-refractivity contribution in [2.45, 2.75) is 12.5 Å². The Morgan fingerprint density at radius 1 is 1.18 bits per heavy atom. The molecule has 4 rings (SSSR count). The summed E-state index contributed by atoms with van der Waals surface area (Å²) in [4.78, 5) is 48.5. The van der Waals surface area contributed by atoms with Gasteiger partial charge in [-0.15, -0.1) is 0 Å². The number of rotatable bonds is 4. The molecule has 0 saturated heterocycles. The number of hydrogen-bond donors (Lipinski definition) is 1. The van der Waals surface area contributed by atoms with Crippen molar-refractivity contribution < 1.29 is 24.0 Å². The van der Waals surface area contributed by atoms with Crippen LogP contribution in [0, 0.1) is 10.1 Å². The summed E-state index contributed by atoms with van der Waals surface area (Å²) in [7, 11) is 0. The van der Waals surface area contributed by atoms with Crippen molar-refractivity contribution in [3.63, 3.8) is 0 Å². The van der Waals surface area contributed by atoms with E-state index >= 15 is 0 Å². The van der Waals surface area contributed by atoms with Crippen LogP contribution in [0.15, 0.2) is 42.5 Å². The topological polar surface area (TPSA) is 119 Å². The Morgan fingerprint density at radius 3 is 2.71 bits per heavy atom. The number of nitrogens with zero attached hydrogens (tertiary/aromatic N) is 2. The number of carbonyl (C=O) groups excluding carboxylic acids is 3. The zero-order chi connectivity index (χ0) is 19.8. The summed E-state index contributed by atoms with van der Waals surface area (Å²) in [6.45, 7) is -0.0156. The van der Waals surface area contributed by atoms with Gasteiger partial charge in [-0.2, -0.15) is 0 Å². The van der Waals surface area contributed by atoms with E-state index in [1.165, 1.54) is 6.07 Å². The van der Waals surface area contributed by atoms with Crippen molar-refractivity contribution in [3.8, 4) is 5.75 Å². The lowest BCUT2D eigenvalue weighted by Gasteiger charge is -2.27. The van der Waals surface area contributed by atoms with Crippen LogP contribution in [0.25, 0.3) is 0 Å². The second kappa shape index (κ2) is 6.76. The largest absolute Gasteiger partial charge is 0.493 e. The summed E-state index contributed by atoms with van der Waals surface area (Å²) in [6, 6.07) is 10.5. The summed E-state index contributed by atoms with van der Waals surface area (Å²) in [5, 5.41) is 13.7. The number of fused-ring (bicyclic) bond motifs is 2. The summed E-state index contributed by atoms with van der Waals surface area (Å²) >= 11 is 0. The van der Waals surface area contributed by atoms with Gasteiger partial charge in [0.2, 0.25) is 5.91 Å². The van der Waals surface area contributed by atoms with Crippen LogP contribution in [0.3, 0.4) is 0 Å². The molecule has 0 radical (unpaired) electrons. The Hall–Kier alpha value is -3.75. The molecule has 2 heterocycles. The molecule has 0 spiro atoms. The fraction of sp³-hybridized carbons (Fsp3) is 0.211. The highest BCUT2D eigenvalue weighted by Gasteiger charge is 2.38. The zero-order valence-electron chi connectivity index (χ0n) is 14.6. The average molecular weight is 381 g/mol. The van der Waals surface area contributed by atoms with Gasteiger partial charge in [0.1, 0.15) is 12.3 Å². The zero-order valence-corrected chi connectivity index (χ0v) is 14.6. The Labute approximate surface area is 159 Å². The molecule has 0 aliphatic carbocycles. The van der Waals surface area contributed by atoms with E-state index in [2.05, 4.69) is 5.32 Å². The Balaban J connectivity index is 1.49. The van der Waals surface area contributed by atoms with E-state index in [-0.39, 0.29) is 22.9 Å². The number of nitro benzene ring substituents is 1. The van der Waals surface area contributed by atoms with Gasteiger partial charge in [0.25, 0.3) is 17.5 Å². The molecule has 0 fully saturated rings. The quantitative estimate of drug-likeness (QED) is 0.490. The number of non-ortho nitro benzene ring substituents is 1. The SMILES string of the molecule is O=C(CN1C(=O)c2ccc([N+](=O)[O-])cc2C1=O)N[C@H]1CCOc2ccccc21. The monoisotopic (exact) mass is 381 g/mol. The molecule has 28 heavy (non-hydrogen) atoms. The molecule has 3 amide bonds. The van der Waals surface area contributed by atoms with Gasteiger partial charge in [0.05, 0.1) is 28.7 Å². The molecule has 2 aromatic carbocycles. The predicted octanol–water partition coefficient (Wildman–Crippen LogP) is 1.83. The fourth-order valence-electron chi connectivity index (χ4n) is 3.41. The fourth-order valence-corrected chi connectivity index (χ4v) is 3.41. The molecule has 0 unspecified atom stereocenters. The second-order valence-corrected chi connectivity index (χ2v) is 6.48. The third-order valence-electron chi connectivity index (χ3n) is 4.76. The molecular formula is C19H15N3O6. The number of ether oxygens (including phenoxy) is 1. The number of para-hydroxylation sites is 1. The molecule has 0 bridgehead atoms. The number of benzene rings is 2. The molecule has 0 aromatic heterocycles. The number of nitrogens with one attached hydrogen (secondary N) is 1. The van der Waals surface area contributed by atoms with Crippen molar-refractivity contribution in [3.05, 3.63) is 69.3 Å².